The Morgan fingerprint density at radius 1 is 1.16 bits per heavy atom. The van der Waals surface area contributed by atoms with E-state index in [9.17, 15) is 4.39 Å². The van der Waals surface area contributed by atoms with E-state index in [0.717, 1.165) is 59.2 Å². The summed E-state index contributed by atoms with van der Waals surface area (Å²) in [7, 11) is 1.60. The number of H-pyrrole nitrogens is 1. The number of methoxy groups -OCH3 is 1. The fourth-order valence-electron chi connectivity index (χ4n) is 4.27. The van der Waals surface area contributed by atoms with Gasteiger partial charge in [-0.1, -0.05) is 6.08 Å². The number of aromatic nitrogens is 4. The summed E-state index contributed by atoms with van der Waals surface area (Å²) in [5.41, 5.74) is 5.83. The van der Waals surface area contributed by atoms with Crippen LogP contribution in [0.5, 0.6) is 5.75 Å². The molecule has 3 heterocycles. The van der Waals surface area contributed by atoms with Crippen LogP contribution in [0.2, 0.25) is 0 Å². The van der Waals surface area contributed by atoms with Crippen molar-refractivity contribution in [3.63, 3.8) is 0 Å². The van der Waals surface area contributed by atoms with Crippen molar-refractivity contribution >= 4 is 16.6 Å². The third-order valence-electron chi connectivity index (χ3n) is 5.95. The van der Waals surface area contributed by atoms with Gasteiger partial charge in [0.15, 0.2) is 0 Å². The van der Waals surface area contributed by atoms with Gasteiger partial charge in [-0.2, -0.15) is 0 Å². The molecule has 32 heavy (non-hydrogen) atoms. The molecule has 0 spiro atoms. The van der Waals surface area contributed by atoms with Gasteiger partial charge in [0.05, 0.1) is 7.11 Å². The number of benzene rings is 1. The van der Waals surface area contributed by atoms with Crippen molar-refractivity contribution in [2.24, 2.45) is 0 Å². The summed E-state index contributed by atoms with van der Waals surface area (Å²) in [6.07, 6.45) is 12.2. The highest BCUT2D eigenvalue weighted by Gasteiger charge is 2.18. The smallest absolute Gasteiger partial charge is 0.138 e. The minimum Gasteiger partial charge on any atom is -0.496 e. The lowest BCUT2D eigenvalue weighted by molar-refractivity contribution is 0.415. The van der Waals surface area contributed by atoms with Crippen molar-refractivity contribution in [3.8, 4) is 16.9 Å². The molecule has 0 saturated carbocycles. The van der Waals surface area contributed by atoms with Crippen LogP contribution in [0.25, 0.3) is 27.7 Å². The van der Waals surface area contributed by atoms with Crippen LogP contribution in [0.4, 0.5) is 4.39 Å². The molecule has 1 atom stereocenters. The minimum atomic E-state index is -0.294. The van der Waals surface area contributed by atoms with Crippen LogP contribution in [0.15, 0.2) is 61.3 Å². The average Bonchev–Trinajstić information content (AvgIpc) is 3.28. The number of hydrogen-bond donors (Lipinski definition) is 2. The Kier molecular flexibility index (Phi) is 5.64. The Morgan fingerprint density at radius 2 is 2.03 bits per heavy atom. The van der Waals surface area contributed by atoms with Crippen LogP contribution < -0.4 is 10.1 Å². The van der Waals surface area contributed by atoms with E-state index in [0.29, 0.717) is 11.8 Å². The van der Waals surface area contributed by atoms with Crippen LogP contribution in [-0.2, 0) is 6.54 Å². The molecule has 1 aromatic carbocycles. The van der Waals surface area contributed by atoms with Crippen LogP contribution in [0.3, 0.4) is 0 Å². The zero-order valence-electron chi connectivity index (χ0n) is 17.8. The van der Waals surface area contributed by atoms with Gasteiger partial charge in [0.25, 0.3) is 0 Å². The normalized spacial score (nSPS) is 16.2. The predicted molar refractivity (Wildman–Crippen MR) is 123 cm³/mol. The molecule has 4 aromatic rings. The Morgan fingerprint density at radius 3 is 2.81 bits per heavy atom. The first-order chi connectivity index (χ1) is 15.7. The lowest BCUT2D eigenvalue weighted by atomic mass is 9.93. The van der Waals surface area contributed by atoms with Gasteiger partial charge in [-0.15, -0.1) is 0 Å². The van der Waals surface area contributed by atoms with E-state index in [1.165, 1.54) is 17.7 Å². The van der Waals surface area contributed by atoms with Crippen LogP contribution in [0, 0.1) is 5.82 Å². The zero-order chi connectivity index (χ0) is 21.9. The summed E-state index contributed by atoms with van der Waals surface area (Å²) in [6, 6.07) is 9.01. The largest absolute Gasteiger partial charge is 0.496 e. The monoisotopic (exact) mass is 429 g/mol. The number of rotatable bonds is 6. The highest BCUT2D eigenvalue weighted by molar-refractivity contribution is 5.96. The molecule has 7 heteroatoms. The van der Waals surface area contributed by atoms with Crippen molar-refractivity contribution < 1.29 is 9.13 Å². The number of ether oxygens (including phenoxy) is 1. The Bertz CT molecular complexity index is 1270. The molecule has 0 fully saturated rings. The van der Waals surface area contributed by atoms with Gasteiger partial charge < -0.3 is 15.0 Å². The lowest BCUT2D eigenvalue weighted by Gasteiger charge is -2.22. The number of pyridine rings is 1. The molecule has 0 saturated heterocycles. The van der Waals surface area contributed by atoms with Gasteiger partial charge in [0.2, 0.25) is 0 Å². The number of aromatic amines is 1. The van der Waals surface area contributed by atoms with Gasteiger partial charge in [-0.25, -0.2) is 19.3 Å². The molecule has 6 nitrogen and oxygen atoms in total. The van der Waals surface area contributed by atoms with Gasteiger partial charge >= 0.3 is 0 Å². The van der Waals surface area contributed by atoms with E-state index in [-0.39, 0.29) is 5.82 Å². The topological polar surface area (TPSA) is 75.7 Å². The van der Waals surface area contributed by atoms with Crippen molar-refractivity contribution in [2.45, 2.75) is 31.8 Å². The molecule has 0 radical (unpaired) electrons. The first-order valence-electron chi connectivity index (χ1n) is 10.7. The van der Waals surface area contributed by atoms with E-state index in [4.69, 9.17) is 4.74 Å². The maximum atomic E-state index is 14.0. The van der Waals surface area contributed by atoms with Gasteiger partial charge in [-0.05, 0) is 60.7 Å². The van der Waals surface area contributed by atoms with E-state index in [1.807, 2.05) is 18.5 Å². The fourth-order valence-corrected chi connectivity index (χ4v) is 4.27. The van der Waals surface area contributed by atoms with Crippen LogP contribution in [0.1, 0.15) is 30.5 Å². The summed E-state index contributed by atoms with van der Waals surface area (Å²) in [5, 5.41) is 4.54. The first-order valence-corrected chi connectivity index (χ1v) is 10.7. The van der Waals surface area contributed by atoms with Crippen molar-refractivity contribution in [1.29, 1.82) is 0 Å². The van der Waals surface area contributed by atoms with Crippen molar-refractivity contribution in [2.75, 3.05) is 7.11 Å². The van der Waals surface area contributed by atoms with E-state index < -0.39 is 0 Å². The number of allylic oxidation sites excluding steroid dienone is 1. The maximum Gasteiger partial charge on any atom is 0.138 e. The molecule has 0 bridgehead atoms. The summed E-state index contributed by atoms with van der Waals surface area (Å²) in [6.45, 7) is 0.768. The SMILES string of the molecule is COc1ccc(F)cc1-c1ccnc2[nH]c(C3=CCC(NCc4cncnc4)CC3)cc12. The average molecular weight is 429 g/mol. The fraction of sp³-hybridized carbons (Fsp3) is 0.240. The summed E-state index contributed by atoms with van der Waals surface area (Å²) in [4.78, 5) is 16.1. The molecule has 3 aromatic heterocycles. The van der Waals surface area contributed by atoms with E-state index in [1.54, 1.807) is 25.7 Å². The Labute approximate surface area is 185 Å². The number of nitrogens with zero attached hydrogens (tertiary/aromatic N) is 3. The number of halogens is 1. The molecule has 2 N–H and O–H groups in total. The second-order valence-corrected chi connectivity index (χ2v) is 7.98. The van der Waals surface area contributed by atoms with Gasteiger partial charge in [0.1, 0.15) is 23.5 Å². The molecular formula is C25H24FN5O. The van der Waals surface area contributed by atoms with Crippen molar-refractivity contribution in [1.82, 2.24) is 25.3 Å². The summed E-state index contributed by atoms with van der Waals surface area (Å²) >= 11 is 0. The van der Waals surface area contributed by atoms with Crippen LogP contribution in [-0.4, -0.2) is 33.1 Å². The third-order valence-corrected chi connectivity index (χ3v) is 5.95. The highest BCUT2D eigenvalue weighted by atomic mass is 19.1. The standard InChI is InChI=1S/C25H24FN5O/c1-32-24-7-4-18(26)10-21(24)20-8-9-29-25-22(20)11-23(31-25)17-2-5-19(6-3-17)30-14-16-12-27-15-28-13-16/h2,4,7-13,15,19,30H,3,5-6,14H2,1H3,(H,29,31). The number of hydrogen-bond acceptors (Lipinski definition) is 5. The first kappa shape index (κ1) is 20.3. The minimum absolute atomic E-state index is 0.294. The zero-order valence-corrected chi connectivity index (χ0v) is 17.8. The molecule has 0 aliphatic heterocycles. The second kappa shape index (κ2) is 8.88. The lowest BCUT2D eigenvalue weighted by Crippen LogP contribution is -2.29. The predicted octanol–water partition coefficient (Wildman–Crippen LogP) is 4.89. The summed E-state index contributed by atoms with van der Waals surface area (Å²) < 4.78 is 19.4. The molecule has 0 amide bonds. The Balaban J connectivity index is 1.38. The molecule has 162 valence electrons. The number of nitrogens with one attached hydrogen (secondary N) is 2. The molecule has 1 aliphatic rings. The molecule has 1 unspecified atom stereocenters. The Hall–Kier alpha value is -3.58. The van der Waals surface area contributed by atoms with Crippen LogP contribution >= 0.6 is 0 Å². The maximum absolute atomic E-state index is 14.0. The quantitative estimate of drug-likeness (QED) is 0.456. The summed E-state index contributed by atoms with van der Waals surface area (Å²) in [5.74, 6) is 0.341. The van der Waals surface area contributed by atoms with Gasteiger partial charge in [-0.3, -0.25) is 0 Å². The number of fused-ring (bicyclic) bond motifs is 1. The van der Waals surface area contributed by atoms with Crippen molar-refractivity contribution in [3.05, 3.63) is 78.4 Å². The van der Waals surface area contributed by atoms with E-state index in [2.05, 4.69) is 37.4 Å². The molecular weight excluding hydrogens is 405 g/mol. The molecule has 5 rings (SSSR count). The van der Waals surface area contributed by atoms with E-state index >= 15 is 0 Å². The molecule has 1 aliphatic carbocycles. The second-order valence-electron chi connectivity index (χ2n) is 7.98. The third kappa shape index (κ3) is 4.11. The highest BCUT2D eigenvalue weighted by Crippen LogP contribution is 2.37. The van der Waals surface area contributed by atoms with Gasteiger partial charge in [0, 0.05) is 53.4 Å².